The van der Waals surface area contributed by atoms with E-state index in [-0.39, 0.29) is 23.4 Å². The Morgan fingerprint density at radius 2 is 1.95 bits per heavy atom. The molecule has 1 saturated heterocycles. The zero-order chi connectivity index (χ0) is 28.6. The van der Waals surface area contributed by atoms with E-state index in [0.717, 1.165) is 28.6 Å². The summed E-state index contributed by atoms with van der Waals surface area (Å²) >= 11 is 0.982. The van der Waals surface area contributed by atoms with Crippen molar-refractivity contribution in [3.8, 4) is 0 Å². The molecule has 0 aliphatic carbocycles. The van der Waals surface area contributed by atoms with Gasteiger partial charge in [0.15, 0.2) is 11.3 Å². The van der Waals surface area contributed by atoms with Gasteiger partial charge in [-0.1, -0.05) is 25.6 Å². The summed E-state index contributed by atoms with van der Waals surface area (Å²) in [5.74, 6) is -1.95. The third-order valence-electron chi connectivity index (χ3n) is 5.35. The summed E-state index contributed by atoms with van der Waals surface area (Å²) in [7, 11) is -4.25. The molecule has 1 aromatic rings. The second-order valence-corrected chi connectivity index (χ2v) is 12.0. The van der Waals surface area contributed by atoms with E-state index in [1.165, 1.54) is 6.92 Å². The fraction of sp³-hybridized carbons (Fsp3) is 0.727. The quantitative estimate of drug-likeness (QED) is 0.163. The van der Waals surface area contributed by atoms with Crippen LogP contribution in [0.25, 0.3) is 0 Å². The Balaban J connectivity index is 2.15. The van der Waals surface area contributed by atoms with Gasteiger partial charge in [-0.05, 0) is 20.8 Å². The first-order valence-corrected chi connectivity index (χ1v) is 14.6. The lowest BCUT2D eigenvalue weighted by Gasteiger charge is -2.25. The number of aromatic amines is 1. The Bertz CT molecular complexity index is 1110. The highest BCUT2D eigenvalue weighted by atomic mass is 32.2. The molecular weight excluding hydrogens is 548 g/mol. The number of ether oxygens (including phenoxy) is 2. The molecule has 0 radical (unpaired) electrons. The van der Waals surface area contributed by atoms with Crippen LogP contribution < -0.4 is 16.3 Å². The summed E-state index contributed by atoms with van der Waals surface area (Å²) in [4.78, 5) is 49.6. The lowest BCUT2D eigenvalue weighted by molar-refractivity contribution is -0.149. The van der Waals surface area contributed by atoms with Crippen molar-refractivity contribution >= 4 is 30.6 Å². The SMILES string of the molecule is CC(C)OC(=O)[C@@H](C)NP(=O)(OCCSC(=O)C(C)C)OC[C@H]1O[C@@H](n2ccc(=O)[nH]c2=O)[C@H](O)[C@@H]1CF. The van der Waals surface area contributed by atoms with Crippen LogP contribution in [0.3, 0.4) is 0 Å². The molecule has 1 aliphatic heterocycles. The molecule has 0 bridgehead atoms. The van der Waals surface area contributed by atoms with E-state index in [4.69, 9.17) is 18.5 Å². The van der Waals surface area contributed by atoms with Crippen molar-refractivity contribution in [3.63, 3.8) is 0 Å². The number of aliphatic hydroxyl groups excluding tert-OH is 1. The molecule has 1 unspecified atom stereocenters. The van der Waals surface area contributed by atoms with E-state index in [0.29, 0.717) is 0 Å². The van der Waals surface area contributed by atoms with Crippen molar-refractivity contribution in [2.45, 2.75) is 65.2 Å². The van der Waals surface area contributed by atoms with Gasteiger partial charge in [0.1, 0.15) is 12.1 Å². The van der Waals surface area contributed by atoms with Crippen molar-refractivity contribution in [1.29, 1.82) is 0 Å². The molecule has 2 rings (SSSR count). The fourth-order valence-corrected chi connectivity index (χ4v) is 5.68. The van der Waals surface area contributed by atoms with E-state index in [1.807, 2.05) is 4.98 Å². The van der Waals surface area contributed by atoms with Crippen molar-refractivity contribution in [2.75, 3.05) is 25.6 Å². The maximum Gasteiger partial charge on any atom is 0.406 e. The van der Waals surface area contributed by atoms with Crippen molar-refractivity contribution in [3.05, 3.63) is 33.1 Å². The number of aliphatic hydroxyl groups is 1. The average Bonchev–Trinajstić information content (AvgIpc) is 3.14. The first-order chi connectivity index (χ1) is 17.8. The smallest absolute Gasteiger partial charge is 0.406 e. The maximum absolute atomic E-state index is 13.8. The molecular formula is C22H35FN3O10PS. The van der Waals surface area contributed by atoms with E-state index in [2.05, 4.69) is 5.09 Å². The number of carbonyl (C=O) groups is 2. The summed E-state index contributed by atoms with van der Waals surface area (Å²) in [5, 5.41) is 13.0. The van der Waals surface area contributed by atoms with Crippen LogP contribution in [-0.2, 0) is 32.7 Å². The van der Waals surface area contributed by atoms with Gasteiger partial charge >= 0.3 is 19.4 Å². The minimum atomic E-state index is -4.25. The molecule has 0 saturated carbocycles. The Hall–Kier alpha value is -1.87. The van der Waals surface area contributed by atoms with Gasteiger partial charge in [0.2, 0.25) is 0 Å². The predicted octanol–water partition coefficient (Wildman–Crippen LogP) is 1.37. The standard InChI is InChI=1S/C22H35FN3O10PS/c1-12(2)21(30)38-9-8-33-37(32,25-14(5)20(29)35-13(3)4)34-11-16-15(10-23)18(28)19(36-16)26-7-6-17(27)24-22(26)31/h6-7,12-16,18-19,28H,8-11H2,1-5H3,(H,25,32)(H,24,27,31)/t14-,15-,16-,18-,19-,37?/m1/s1. The van der Waals surface area contributed by atoms with Gasteiger partial charge in [0, 0.05) is 29.9 Å². The molecule has 3 N–H and O–H groups in total. The second-order valence-electron chi connectivity index (χ2n) is 9.18. The number of aromatic nitrogens is 2. The van der Waals surface area contributed by atoms with Gasteiger partial charge in [0.05, 0.1) is 32.1 Å². The van der Waals surface area contributed by atoms with E-state index >= 15 is 0 Å². The van der Waals surface area contributed by atoms with Gasteiger partial charge in [-0.15, -0.1) is 0 Å². The molecule has 1 fully saturated rings. The highest BCUT2D eigenvalue weighted by Gasteiger charge is 2.46. The summed E-state index contributed by atoms with van der Waals surface area (Å²) < 4.78 is 49.9. The largest absolute Gasteiger partial charge is 0.462 e. The number of thioether (sulfide) groups is 1. The molecule has 0 spiro atoms. The normalized spacial score (nSPS) is 23.9. The van der Waals surface area contributed by atoms with Crippen LogP contribution in [0.4, 0.5) is 4.39 Å². The minimum absolute atomic E-state index is 0.0890. The lowest BCUT2D eigenvalue weighted by atomic mass is 10.00. The van der Waals surface area contributed by atoms with Gasteiger partial charge in [-0.3, -0.25) is 37.4 Å². The van der Waals surface area contributed by atoms with Crippen LogP contribution in [0.1, 0.15) is 40.8 Å². The molecule has 13 nitrogen and oxygen atoms in total. The minimum Gasteiger partial charge on any atom is -0.462 e. The van der Waals surface area contributed by atoms with E-state index in [9.17, 15) is 33.2 Å². The van der Waals surface area contributed by atoms with Crippen LogP contribution in [0, 0.1) is 11.8 Å². The number of nitrogens with zero attached hydrogens (tertiary/aromatic N) is 1. The number of hydrogen-bond acceptors (Lipinski definition) is 11. The van der Waals surface area contributed by atoms with Crippen LogP contribution in [0.15, 0.2) is 21.9 Å². The predicted molar refractivity (Wildman–Crippen MR) is 136 cm³/mol. The number of carbonyl (C=O) groups excluding carboxylic acids is 2. The van der Waals surface area contributed by atoms with Crippen molar-refractivity contribution in [1.82, 2.24) is 14.6 Å². The Labute approximate surface area is 223 Å². The molecule has 0 amide bonds. The summed E-state index contributed by atoms with van der Waals surface area (Å²) in [6.07, 6.45) is -3.35. The first kappa shape index (κ1) is 32.3. The molecule has 1 aromatic heterocycles. The summed E-state index contributed by atoms with van der Waals surface area (Å²) in [6.45, 7) is 6.35. The average molecular weight is 584 g/mol. The Morgan fingerprint density at radius 3 is 2.53 bits per heavy atom. The molecule has 216 valence electrons. The third-order valence-corrected chi connectivity index (χ3v) is 8.19. The third kappa shape index (κ3) is 9.11. The van der Waals surface area contributed by atoms with Crippen molar-refractivity contribution in [2.24, 2.45) is 11.8 Å². The highest BCUT2D eigenvalue weighted by molar-refractivity contribution is 8.13. The van der Waals surface area contributed by atoms with Gasteiger partial charge in [-0.25, -0.2) is 14.4 Å². The monoisotopic (exact) mass is 583 g/mol. The number of hydrogen-bond donors (Lipinski definition) is 3. The molecule has 1 aliphatic rings. The van der Waals surface area contributed by atoms with Gasteiger partial charge in [0.25, 0.3) is 5.56 Å². The first-order valence-electron chi connectivity index (χ1n) is 12.0. The van der Waals surface area contributed by atoms with E-state index < -0.39 is 74.7 Å². The topological polar surface area (TPSA) is 175 Å². The summed E-state index contributed by atoms with van der Waals surface area (Å²) in [6, 6.07) is -0.0788. The Morgan fingerprint density at radius 1 is 1.26 bits per heavy atom. The number of nitrogens with one attached hydrogen (secondary N) is 2. The maximum atomic E-state index is 13.8. The number of H-pyrrole nitrogens is 1. The second kappa shape index (κ2) is 14.5. The van der Waals surface area contributed by atoms with Crippen LogP contribution >= 0.6 is 19.5 Å². The highest BCUT2D eigenvalue weighted by Crippen LogP contribution is 2.46. The van der Waals surface area contributed by atoms with Crippen molar-refractivity contribution < 1.29 is 42.2 Å². The Kier molecular flexibility index (Phi) is 12.3. The molecule has 38 heavy (non-hydrogen) atoms. The summed E-state index contributed by atoms with van der Waals surface area (Å²) in [5.41, 5.74) is -1.54. The zero-order valence-electron chi connectivity index (χ0n) is 21.8. The molecule has 6 atom stereocenters. The zero-order valence-corrected chi connectivity index (χ0v) is 23.5. The molecule has 2 heterocycles. The van der Waals surface area contributed by atoms with E-state index in [1.54, 1.807) is 27.7 Å². The number of alkyl halides is 1. The van der Waals surface area contributed by atoms with Gasteiger partial charge < -0.3 is 14.6 Å². The number of rotatable bonds is 14. The molecule has 0 aromatic carbocycles. The van der Waals surface area contributed by atoms with Crippen LogP contribution in [-0.4, -0.2) is 75.7 Å². The lowest BCUT2D eigenvalue weighted by Crippen LogP contribution is -2.37. The van der Waals surface area contributed by atoms with Gasteiger partial charge in [-0.2, -0.15) is 0 Å². The van der Waals surface area contributed by atoms with Crippen LogP contribution in [0.2, 0.25) is 0 Å². The number of halogens is 1. The number of esters is 1. The molecule has 16 heteroatoms. The van der Waals surface area contributed by atoms with Crippen LogP contribution in [0.5, 0.6) is 0 Å². The fourth-order valence-electron chi connectivity index (χ4n) is 3.38.